The van der Waals surface area contributed by atoms with Crippen molar-refractivity contribution in [2.45, 2.75) is 96.2 Å². The molecule has 5 heteroatoms. The van der Waals surface area contributed by atoms with Crippen LogP contribution in [0.25, 0.3) is 0 Å². The topological polar surface area (TPSA) is 88.1 Å². The zero-order valence-electron chi connectivity index (χ0n) is 18.5. The van der Waals surface area contributed by atoms with E-state index in [0.717, 1.165) is 57.8 Å². The van der Waals surface area contributed by atoms with Crippen molar-refractivity contribution in [3.05, 3.63) is 0 Å². The molecule has 0 aromatic heterocycles. The van der Waals surface area contributed by atoms with E-state index in [2.05, 4.69) is 19.0 Å². The number of oxime groups is 1. The van der Waals surface area contributed by atoms with Gasteiger partial charge >= 0.3 is 0 Å². The molecule has 0 bridgehead atoms. The van der Waals surface area contributed by atoms with E-state index in [-0.39, 0.29) is 11.5 Å². The van der Waals surface area contributed by atoms with E-state index in [1.807, 2.05) is 6.21 Å². The molecule has 0 aromatic rings. The molecule has 0 unspecified atom stereocenters. The van der Waals surface area contributed by atoms with Crippen LogP contribution in [0.2, 0.25) is 0 Å². The van der Waals surface area contributed by atoms with Crippen molar-refractivity contribution in [1.29, 1.82) is 0 Å². The molecule has 4 fully saturated rings. The highest BCUT2D eigenvalue weighted by Gasteiger charge is 2.66. The van der Waals surface area contributed by atoms with Gasteiger partial charge < -0.3 is 20.8 Å². The fourth-order valence-electron chi connectivity index (χ4n) is 8.26. The summed E-state index contributed by atoms with van der Waals surface area (Å²) in [5.41, 5.74) is 5.24. The third kappa shape index (κ3) is 3.45. The quantitative estimate of drug-likeness (QED) is 0.355. The molecule has 0 saturated heterocycles. The number of hydrogen-bond acceptors (Lipinski definition) is 5. The van der Waals surface area contributed by atoms with Crippen LogP contribution in [0, 0.1) is 34.5 Å². The second-order valence-corrected chi connectivity index (χ2v) is 11.0. The minimum atomic E-state index is -0.516. The summed E-state index contributed by atoms with van der Waals surface area (Å²) in [5.74, 6) is 2.26. The summed E-state index contributed by atoms with van der Waals surface area (Å²) in [6, 6.07) is 0. The van der Waals surface area contributed by atoms with E-state index in [0.29, 0.717) is 42.2 Å². The Kier molecular flexibility index (Phi) is 6.04. The SMILES string of the molecule is C[C@]12CC[C@H](O)C[C@H]1CC[C@@H]1[C@@H]2CC[C@]2(C)[C@@H](CC/C=N/OCCN)CC[C@]12O. The van der Waals surface area contributed by atoms with Gasteiger partial charge in [-0.05, 0) is 105 Å². The minimum absolute atomic E-state index is 0.0253. The van der Waals surface area contributed by atoms with Crippen molar-refractivity contribution in [2.75, 3.05) is 13.2 Å². The first-order valence-corrected chi connectivity index (χ1v) is 12.1. The van der Waals surface area contributed by atoms with E-state index >= 15 is 0 Å². The van der Waals surface area contributed by atoms with Crippen molar-refractivity contribution in [1.82, 2.24) is 0 Å². The number of fused-ring (bicyclic) bond motifs is 5. The molecule has 0 heterocycles. The van der Waals surface area contributed by atoms with Crippen LogP contribution in [-0.2, 0) is 4.84 Å². The van der Waals surface area contributed by atoms with Gasteiger partial charge in [-0.25, -0.2) is 0 Å². The van der Waals surface area contributed by atoms with Crippen molar-refractivity contribution in [2.24, 2.45) is 45.4 Å². The summed E-state index contributed by atoms with van der Waals surface area (Å²) in [4.78, 5) is 5.12. The van der Waals surface area contributed by atoms with Crippen LogP contribution in [0.15, 0.2) is 5.16 Å². The monoisotopic (exact) mass is 406 g/mol. The molecule has 4 N–H and O–H groups in total. The van der Waals surface area contributed by atoms with E-state index in [4.69, 9.17) is 10.6 Å². The van der Waals surface area contributed by atoms with Crippen LogP contribution in [0.5, 0.6) is 0 Å². The molecule has 4 saturated carbocycles. The van der Waals surface area contributed by atoms with Crippen LogP contribution in [0.3, 0.4) is 0 Å². The Morgan fingerprint density at radius 3 is 2.69 bits per heavy atom. The number of hydrogen-bond donors (Lipinski definition) is 3. The zero-order valence-corrected chi connectivity index (χ0v) is 18.5. The normalized spacial score (nSPS) is 49.5. The van der Waals surface area contributed by atoms with Crippen molar-refractivity contribution >= 4 is 6.21 Å². The van der Waals surface area contributed by atoms with Gasteiger partial charge in [-0.2, -0.15) is 0 Å². The molecule has 0 amide bonds. The van der Waals surface area contributed by atoms with Crippen LogP contribution < -0.4 is 5.73 Å². The summed E-state index contributed by atoms with van der Waals surface area (Å²) in [7, 11) is 0. The van der Waals surface area contributed by atoms with Crippen molar-refractivity contribution in [3.63, 3.8) is 0 Å². The zero-order chi connectivity index (χ0) is 20.7. The summed E-state index contributed by atoms with van der Waals surface area (Å²) >= 11 is 0. The first kappa shape index (κ1) is 21.6. The van der Waals surface area contributed by atoms with Crippen LogP contribution >= 0.6 is 0 Å². The molecular weight excluding hydrogens is 364 g/mol. The molecule has 4 aliphatic carbocycles. The molecule has 166 valence electrons. The van der Waals surface area contributed by atoms with E-state index < -0.39 is 5.60 Å². The van der Waals surface area contributed by atoms with Gasteiger partial charge in [0.25, 0.3) is 0 Å². The standard InChI is InChI=1S/C24H42N2O3/c1-22-10-8-19(27)16-18(22)5-6-21-20(22)9-11-23(2)17(7-12-24(21,23)28)4-3-14-26-29-15-13-25/h14,17-21,27-28H,3-13,15-16,25H2,1-2H3/b26-14+/t17-,18+,19-,20-,21+,22-,23+,24-/m0/s1. The largest absolute Gasteiger partial charge is 0.395 e. The van der Waals surface area contributed by atoms with Crippen LogP contribution in [-0.4, -0.2) is 41.3 Å². The number of nitrogens with zero attached hydrogens (tertiary/aromatic N) is 1. The molecule has 4 rings (SSSR count). The van der Waals surface area contributed by atoms with Gasteiger partial charge in [-0.1, -0.05) is 19.0 Å². The minimum Gasteiger partial charge on any atom is -0.395 e. The predicted octanol–water partition coefficient (Wildman–Crippen LogP) is 3.86. The highest BCUT2D eigenvalue weighted by Crippen LogP contribution is 2.69. The van der Waals surface area contributed by atoms with Gasteiger partial charge in [0.2, 0.25) is 0 Å². The Balaban J connectivity index is 1.46. The molecule has 0 spiro atoms. The Morgan fingerprint density at radius 1 is 1.07 bits per heavy atom. The number of aliphatic hydroxyl groups excluding tert-OH is 1. The first-order valence-electron chi connectivity index (χ1n) is 12.1. The lowest BCUT2D eigenvalue weighted by molar-refractivity contribution is -0.210. The summed E-state index contributed by atoms with van der Waals surface area (Å²) < 4.78 is 0. The highest BCUT2D eigenvalue weighted by atomic mass is 16.6. The lowest BCUT2D eigenvalue weighted by atomic mass is 9.43. The Hall–Kier alpha value is -0.650. The smallest absolute Gasteiger partial charge is 0.129 e. The van der Waals surface area contributed by atoms with Gasteiger partial charge in [0.1, 0.15) is 6.61 Å². The molecule has 0 aliphatic heterocycles. The molecule has 8 atom stereocenters. The third-order valence-electron chi connectivity index (χ3n) is 10.0. The third-order valence-corrected chi connectivity index (χ3v) is 10.0. The molecule has 5 nitrogen and oxygen atoms in total. The lowest BCUT2D eigenvalue weighted by Crippen LogP contribution is -2.62. The highest BCUT2D eigenvalue weighted by molar-refractivity contribution is 5.56. The van der Waals surface area contributed by atoms with Crippen molar-refractivity contribution < 1.29 is 15.1 Å². The van der Waals surface area contributed by atoms with Crippen LogP contribution in [0.4, 0.5) is 0 Å². The summed E-state index contributed by atoms with van der Waals surface area (Å²) in [6.45, 7) is 5.82. The molecule has 0 radical (unpaired) electrons. The Morgan fingerprint density at radius 2 is 1.90 bits per heavy atom. The van der Waals surface area contributed by atoms with Gasteiger partial charge in [0.05, 0.1) is 11.7 Å². The first-order chi connectivity index (χ1) is 13.8. The van der Waals surface area contributed by atoms with E-state index in [9.17, 15) is 10.2 Å². The second kappa shape index (κ2) is 8.12. The fourth-order valence-corrected chi connectivity index (χ4v) is 8.26. The number of nitrogens with two attached hydrogens (primary N) is 1. The maximum absolute atomic E-state index is 12.1. The second-order valence-electron chi connectivity index (χ2n) is 11.0. The van der Waals surface area contributed by atoms with E-state index in [1.54, 1.807) is 0 Å². The molecule has 4 aliphatic rings. The molecular formula is C24H42N2O3. The molecule has 29 heavy (non-hydrogen) atoms. The van der Waals surface area contributed by atoms with Gasteiger partial charge in [0, 0.05) is 12.8 Å². The van der Waals surface area contributed by atoms with Crippen LogP contribution in [0.1, 0.15) is 84.5 Å². The van der Waals surface area contributed by atoms with Gasteiger partial charge in [-0.15, -0.1) is 0 Å². The molecule has 0 aromatic carbocycles. The van der Waals surface area contributed by atoms with Gasteiger partial charge in [-0.3, -0.25) is 0 Å². The number of rotatable bonds is 6. The average Bonchev–Trinajstić information content (AvgIpc) is 2.96. The Labute approximate surface area is 176 Å². The predicted molar refractivity (Wildman–Crippen MR) is 115 cm³/mol. The summed E-state index contributed by atoms with van der Waals surface area (Å²) in [6.07, 6.45) is 13.6. The Bertz CT molecular complexity index is 613. The maximum atomic E-state index is 12.1. The van der Waals surface area contributed by atoms with E-state index in [1.165, 1.54) is 12.8 Å². The van der Waals surface area contributed by atoms with Crippen molar-refractivity contribution in [3.8, 4) is 0 Å². The van der Waals surface area contributed by atoms with Gasteiger partial charge in [0.15, 0.2) is 0 Å². The summed E-state index contributed by atoms with van der Waals surface area (Å²) in [5, 5.41) is 26.4. The average molecular weight is 407 g/mol. The maximum Gasteiger partial charge on any atom is 0.129 e. The number of aliphatic hydroxyl groups is 2. The fraction of sp³-hybridized carbons (Fsp3) is 0.958. The lowest BCUT2D eigenvalue weighted by Gasteiger charge is -2.63.